The molecule has 0 unspecified atom stereocenters. The molecule has 0 saturated carbocycles. The lowest BCUT2D eigenvalue weighted by atomic mass is 10.1. The van der Waals surface area contributed by atoms with E-state index >= 15 is 0 Å². The van der Waals surface area contributed by atoms with Crippen LogP contribution in [0, 0.1) is 0 Å². The zero-order chi connectivity index (χ0) is 13.5. The molecule has 3 heterocycles. The Balaban J connectivity index is 1.69. The highest BCUT2D eigenvalue weighted by Crippen LogP contribution is 2.18. The van der Waals surface area contributed by atoms with Gasteiger partial charge < -0.3 is 5.32 Å². The molecule has 7 nitrogen and oxygen atoms in total. The SMILES string of the molecule is Cn1nccc1S(=O)(=O)N1CCN(C2CNC2)CC1. The maximum atomic E-state index is 12.5. The minimum absolute atomic E-state index is 0.270. The Bertz CT molecular complexity index is 543. The number of hydrogen-bond acceptors (Lipinski definition) is 5. The molecule has 1 aromatic rings. The summed E-state index contributed by atoms with van der Waals surface area (Å²) in [6.45, 7) is 4.78. The first-order valence-electron chi connectivity index (χ1n) is 6.52. The normalized spacial score (nSPS) is 23.4. The van der Waals surface area contributed by atoms with Crippen molar-refractivity contribution in [2.45, 2.75) is 11.1 Å². The molecule has 0 atom stereocenters. The molecule has 3 rings (SSSR count). The van der Waals surface area contributed by atoms with Crippen LogP contribution in [-0.4, -0.2) is 72.7 Å². The highest BCUT2D eigenvalue weighted by atomic mass is 32.2. The second-order valence-corrected chi connectivity index (χ2v) is 6.93. The molecule has 1 aromatic heterocycles. The second-order valence-electron chi connectivity index (χ2n) is 5.05. The Morgan fingerprint density at radius 1 is 1.26 bits per heavy atom. The van der Waals surface area contributed by atoms with Crippen LogP contribution in [0.2, 0.25) is 0 Å². The smallest absolute Gasteiger partial charge is 0.260 e. The van der Waals surface area contributed by atoms with E-state index in [0.29, 0.717) is 19.1 Å². The van der Waals surface area contributed by atoms with Crippen LogP contribution in [0.25, 0.3) is 0 Å². The average molecular weight is 285 g/mol. The van der Waals surface area contributed by atoms with E-state index in [1.54, 1.807) is 17.4 Å². The molecule has 0 aliphatic carbocycles. The van der Waals surface area contributed by atoms with E-state index in [1.165, 1.54) is 10.9 Å². The summed E-state index contributed by atoms with van der Waals surface area (Å²) in [5, 5.41) is 7.45. The van der Waals surface area contributed by atoms with Gasteiger partial charge in [-0.3, -0.25) is 9.58 Å². The van der Waals surface area contributed by atoms with Gasteiger partial charge in [0.15, 0.2) is 5.03 Å². The van der Waals surface area contributed by atoms with E-state index in [4.69, 9.17) is 0 Å². The molecule has 8 heteroatoms. The predicted octanol–water partition coefficient (Wildman–Crippen LogP) is -1.30. The minimum Gasteiger partial charge on any atom is -0.314 e. The first-order valence-corrected chi connectivity index (χ1v) is 7.96. The third-order valence-electron chi connectivity index (χ3n) is 3.93. The minimum atomic E-state index is -3.40. The fraction of sp³-hybridized carbons (Fsp3) is 0.727. The van der Waals surface area contributed by atoms with Crippen LogP contribution >= 0.6 is 0 Å². The molecule has 0 spiro atoms. The third-order valence-corrected chi connectivity index (χ3v) is 5.90. The summed E-state index contributed by atoms with van der Waals surface area (Å²) < 4.78 is 27.9. The number of sulfonamides is 1. The fourth-order valence-electron chi connectivity index (χ4n) is 2.59. The number of aryl methyl sites for hydroxylation is 1. The molecule has 0 bridgehead atoms. The lowest BCUT2D eigenvalue weighted by molar-refractivity contribution is 0.103. The molecule has 0 amide bonds. The van der Waals surface area contributed by atoms with Crippen molar-refractivity contribution >= 4 is 10.0 Å². The fourth-order valence-corrected chi connectivity index (χ4v) is 4.11. The van der Waals surface area contributed by atoms with Crippen LogP contribution in [0.3, 0.4) is 0 Å². The van der Waals surface area contributed by atoms with Crippen LogP contribution in [0.15, 0.2) is 17.3 Å². The van der Waals surface area contributed by atoms with Gasteiger partial charge in [-0.05, 0) is 6.07 Å². The lowest BCUT2D eigenvalue weighted by Gasteiger charge is -2.42. The van der Waals surface area contributed by atoms with Crippen LogP contribution < -0.4 is 5.32 Å². The highest BCUT2D eigenvalue weighted by molar-refractivity contribution is 7.89. The van der Waals surface area contributed by atoms with Crippen molar-refractivity contribution in [3.63, 3.8) is 0 Å². The van der Waals surface area contributed by atoms with Gasteiger partial charge in [-0.25, -0.2) is 8.42 Å². The molecular weight excluding hydrogens is 266 g/mol. The molecule has 106 valence electrons. The summed E-state index contributed by atoms with van der Waals surface area (Å²) in [6, 6.07) is 2.14. The van der Waals surface area contributed by atoms with Crippen molar-refractivity contribution in [1.82, 2.24) is 24.3 Å². The maximum absolute atomic E-state index is 12.5. The predicted molar refractivity (Wildman–Crippen MR) is 70.2 cm³/mol. The van der Waals surface area contributed by atoms with E-state index in [0.717, 1.165) is 26.2 Å². The molecular formula is C11H19N5O2S. The Kier molecular flexibility index (Phi) is 3.34. The number of hydrogen-bond donors (Lipinski definition) is 1. The molecule has 2 aliphatic rings. The van der Waals surface area contributed by atoms with E-state index < -0.39 is 10.0 Å². The number of nitrogens with zero attached hydrogens (tertiary/aromatic N) is 4. The second kappa shape index (κ2) is 4.86. The lowest BCUT2D eigenvalue weighted by Crippen LogP contribution is -2.62. The molecule has 19 heavy (non-hydrogen) atoms. The number of rotatable bonds is 3. The first kappa shape index (κ1) is 13.0. The van der Waals surface area contributed by atoms with Crippen LogP contribution in [0.5, 0.6) is 0 Å². The standard InChI is InChI=1S/C11H19N5O2S/c1-14-11(2-3-13-14)19(17,18)16-6-4-15(5-7-16)10-8-12-9-10/h2-3,10,12H,4-9H2,1H3. The van der Waals surface area contributed by atoms with E-state index in [1.807, 2.05) is 0 Å². The molecule has 0 radical (unpaired) electrons. The Morgan fingerprint density at radius 2 is 1.95 bits per heavy atom. The van der Waals surface area contributed by atoms with Gasteiger partial charge in [0.1, 0.15) is 0 Å². The summed E-state index contributed by atoms with van der Waals surface area (Å²) in [7, 11) is -1.74. The van der Waals surface area contributed by atoms with Gasteiger partial charge in [-0.1, -0.05) is 0 Å². The Labute approximate surface area is 113 Å². The largest absolute Gasteiger partial charge is 0.314 e. The zero-order valence-electron chi connectivity index (χ0n) is 11.0. The number of nitrogens with one attached hydrogen (secondary N) is 1. The molecule has 1 N–H and O–H groups in total. The van der Waals surface area contributed by atoms with E-state index in [2.05, 4.69) is 15.3 Å². The third kappa shape index (κ3) is 2.29. The monoisotopic (exact) mass is 285 g/mol. The highest BCUT2D eigenvalue weighted by Gasteiger charge is 2.33. The maximum Gasteiger partial charge on any atom is 0.260 e. The van der Waals surface area contributed by atoms with Gasteiger partial charge in [-0.2, -0.15) is 9.40 Å². The van der Waals surface area contributed by atoms with Gasteiger partial charge >= 0.3 is 0 Å². The zero-order valence-corrected chi connectivity index (χ0v) is 11.8. The van der Waals surface area contributed by atoms with E-state index in [-0.39, 0.29) is 5.03 Å². The summed E-state index contributed by atoms with van der Waals surface area (Å²) >= 11 is 0. The van der Waals surface area contributed by atoms with Crippen molar-refractivity contribution in [2.24, 2.45) is 7.05 Å². The summed E-state index contributed by atoms with van der Waals surface area (Å²) in [6.07, 6.45) is 1.52. The van der Waals surface area contributed by atoms with Gasteiger partial charge in [0.25, 0.3) is 10.0 Å². The van der Waals surface area contributed by atoms with Crippen molar-refractivity contribution in [2.75, 3.05) is 39.3 Å². The van der Waals surface area contributed by atoms with Gasteiger partial charge in [-0.15, -0.1) is 0 Å². The van der Waals surface area contributed by atoms with Crippen molar-refractivity contribution in [1.29, 1.82) is 0 Å². The molecule has 2 saturated heterocycles. The molecule has 2 aliphatic heterocycles. The van der Waals surface area contributed by atoms with Gasteiger partial charge in [0.2, 0.25) is 0 Å². The van der Waals surface area contributed by atoms with Crippen molar-refractivity contribution in [3.8, 4) is 0 Å². The quantitative estimate of drug-likeness (QED) is 0.747. The molecule has 0 aromatic carbocycles. The Hall–Kier alpha value is -0.960. The van der Waals surface area contributed by atoms with Gasteiger partial charge in [0.05, 0.1) is 6.20 Å². The summed E-state index contributed by atoms with van der Waals surface area (Å²) in [5.74, 6) is 0. The average Bonchev–Trinajstić information content (AvgIpc) is 2.75. The first-order chi connectivity index (χ1) is 9.09. The van der Waals surface area contributed by atoms with Crippen LogP contribution in [-0.2, 0) is 17.1 Å². The summed E-state index contributed by atoms with van der Waals surface area (Å²) in [5.41, 5.74) is 0. The topological polar surface area (TPSA) is 70.5 Å². The van der Waals surface area contributed by atoms with E-state index in [9.17, 15) is 8.42 Å². The number of piperazine rings is 1. The Morgan fingerprint density at radius 3 is 2.42 bits per heavy atom. The van der Waals surface area contributed by atoms with Crippen LogP contribution in [0.1, 0.15) is 0 Å². The summed E-state index contributed by atoms with van der Waals surface area (Å²) in [4.78, 5) is 2.37. The number of aromatic nitrogens is 2. The molecule has 2 fully saturated rings. The van der Waals surface area contributed by atoms with Gasteiger partial charge in [0, 0.05) is 52.4 Å². The van der Waals surface area contributed by atoms with Crippen molar-refractivity contribution in [3.05, 3.63) is 12.3 Å². The van der Waals surface area contributed by atoms with Crippen LogP contribution in [0.4, 0.5) is 0 Å². The van der Waals surface area contributed by atoms with Crippen molar-refractivity contribution < 1.29 is 8.42 Å².